The molecule has 2 amide bonds. The summed E-state index contributed by atoms with van der Waals surface area (Å²) in [6.45, 7) is 3.25. The lowest BCUT2D eigenvalue weighted by Crippen LogP contribution is -2.44. The molecule has 148 valence electrons. The van der Waals surface area contributed by atoms with Crippen LogP contribution in [-0.2, 0) is 6.42 Å². The lowest BCUT2D eigenvalue weighted by atomic mass is 10.1. The van der Waals surface area contributed by atoms with Crippen LogP contribution in [0.2, 0.25) is 0 Å². The van der Waals surface area contributed by atoms with Gasteiger partial charge in [0.2, 0.25) is 0 Å². The summed E-state index contributed by atoms with van der Waals surface area (Å²) in [6.07, 6.45) is 8.21. The minimum Gasteiger partial charge on any atom is -0.468 e. The summed E-state index contributed by atoms with van der Waals surface area (Å²) >= 11 is 0. The molecule has 0 radical (unpaired) electrons. The molecule has 1 atom stereocenters. The fraction of sp³-hybridized carbons (Fsp3) is 0.409. The molecule has 0 bridgehead atoms. The largest absolute Gasteiger partial charge is 0.468 e. The molecule has 1 aliphatic rings. The van der Waals surface area contributed by atoms with Gasteiger partial charge in [0.1, 0.15) is 5.76 Å². The maximum Gasteiger partial charge on any atom is 0.314 e. The Labute approximate surface area is 165 Å². The quantitative estimate of drug-likeness (QED) is 0.583. The lowest BCUT2D eigenvalue weighted by molar-refractivity contribution is 0.143. The molecule has 6 nitrogen and oxygen atoms in total. The standard InChI is InChI=1S/C22H28N4O2/c27-22(23-11-10-17-15-24-19-8-3-2-7-18(17)19)25-16-20(21-9-6-14-28-21)26-12-4-1-5-13-26/h2-3,6-9,14-15,20,24H,1,4-5,10-13,16H2,(H2,23,25,27). The van der Waals surface area contributed by atoms with Gasteiger partial charge in [-0.15, -0.1) is 0 Å². The Bertz CT molecular complexity index is 881. The minimum atomic E-state index is -0.131. The van der Waals surface area contributed by atoms with Crippen LogP contribution in [0.4, 0.5) is 4.79 Å². The van der Waals surface area contributed by atoms with E-state index in [4.69, 9.17) is 4.42 Å². The van der Waals surface area contributed by atoms with Crippen LogP contribution >= 0.6 is 0 Å². The van der Waals surface area contributed by atoms with Crippen LogP contribution in [0.5, 0.6) is 0 Å². The number of carbonyl (C=O) groups excluding carboxylic acids is 1. The average Bonchev–Trinajstić information content (AvgIpc) is 3.40. The molecule has 28 heavy (non-hydrogen) atoms. The van der Waals surface area contributed by atoms with E-state index >= 15 is 0 Å². The van der Waals surface area contributed by atoms with Gasteiger partial charge in [0, 0.05) is 30.2 Å². The predicted octanol–water partition coefficient (Wildman–Crippen LogP) is 3.83. The van der Waals surface area contributed by atoms with Crippen molar-refractivity contribution in [2.75, 3.05) is 26.2 Å². The monoisotopic (exact) mass is 380 g/mol. The third-order valence-electron chi connectivity index (χ3n) is 5.51. The van der Waals surface area contributed by atoms with Crippen LogP contribution < -0.4 is 10.6 Å². The Kier molecular flexibility index (Phi) is 5.97. The van der Waals surface area contributed by atoms with Crippen LogP contribution in [0.1, 0.15) is 36.6 Å². The molecule has 1 saturated heterocycles. The molecule has 3 N–H and O–H groups in total. The first-order chi connectivity index (χ1) is 13.8. The van der Waals surface area contributed by atoms with Crippen molar-refractivity contribution in [3.8, 4) is 0 Å². The van der Waals surface area contributed by atoms with Crippen LogP contribution in [0.3, 0.4) is 0 Å². The zero-order chi connectivity index (χ0) is 19.2. The van der Waals surface area contributed by atoms with Crippen molar-refractivity contribution in [2.24, 2.45) is 0 Å². The van der Waals surface area contributed by atoms with E-state index in [0.717, 1.165) is 30.8 Å². The Morgan fingerprint density at radius 1 is 1.11 bits per heavy atom. The number of furan rings is 1. The summed E-state index contributed by atoms with van der Waals surface area (Å²) in [4.78, 5) is 18.0. The Morgan fingerprint density at radius 3 is 2.79 bits per heavy atom. The van der Waals surface area contributed by atoms with Gasteiger partial charge in [-0.2, -0.15) is 0 Å². The van der Waals surface area contributed by atoms with E-state index in [1.165, 1.54) is 30.2 Å². The zero-order valence-corrected chi connectivity index (χ0v) is 16.1. The van der Waals surface area contributed by atoms with E-state index in [9.17, 15) is 4.79 Å². The highest BCUT2D eigenvalue weighted by molar-refractivity contribution is 5.83. The number of hydrogen-bond acceptors (Lipinski definition) is 3. The van der Waals surface area contributed by atoms with Crippen molar-refractivity contribution < 1.29 is 9.21 Å². The summed E-state index contributed by atoms with van der Waals surface area (Å²) in [7, 11) is 0. The number of nitrogens with one attached hydrogen (secondary N) is 3. The summed E-state index contributed by atoms with van der Waals surface area (Å²) < 4.78 is 5.64. The highest BCUT2D eigenvalue weighted by Gasteiger charge is 2.24. The molecule has 3 aromatic rings. The molecule has 1 aliphatic heterocycles. The maximum atomic E-state index is 12.3. The van der Waals surface area contributed by atoms with Crippen molar-refractivity contribution in [1.29, 1.82) is 0 Å². The molecule has 3 heterocycles. The number of hydrogen-bond donors (Lipinski definition) is 3. The van der Waals surface area contributed by atoms with Gasteiger partial charge in [-0.25, -0.2) is 4.79 Å². The molecule has 1 fully saturated rings. The number of aromatic amines is 1. The number of nitrogens with zero attached hydrogens (tertiary/aromatic N) is 1. The number of carbonyl (C=O) groups is 1. The number of H-pyrrole nitrogens is 1. The van der Waals surface area contributed by atoms with Crippen LogP contribution in [-0.4, -0.2) is 42.1 Å². The van der Waals surface area contributed by atoms with Crippen molar-refractivity contribution >= 4 is 16.9 Å². The normalized spacial score (nSPS) is 16.1. The second-order valence-corrected chi connectivity index (χ2v) is 7.37. The fourth-order valence-electron chi connectivity index (χ4n) is 4.02. The molecule has 1 unspecified atom stereocenters. The first kappa shape index (κ1) is 18.6. The molecule has 0 spiro atoms. The second-order valence-electron chi connectivity index (χ2n) is 7.37. The number of aromatic nitrogens is 1. The summed E-state index contributed by atoms with van der Waals surface area (Å²) in [5.41, 5.74) is 2.35. The number of para-hydroxylation sites is 1. The van der Waals surface area contributed by atoms with Gasteiger partial charge in [-0.05, 0) is 56.1 Å². The van der Waals surface area contributed by atoms with E-state index in [1.54, 1.807) is 6.26 Å². The topological polar surface area (TPSA) is 73.3 Å². The molecule has 0 saturated carbocycles. The number of likely N-dealkylation sites (tertiary alicyclic amines) is 1. The van der Waals surface area contributed by atoms with Crippen molar-refractivity contribution in [3.63, 3.8) is 0 Å². The van der Waals surface area contributed by atoms with Gasteiger partial charge in [0.25, 0.3) is 0 Å². The maximum absolute atomic E-state index is 12.3. The first-order valence-corrected chi connectivity index (χ1v) is 10.2. The Balaban J connectivity index is 1.27. The SMILES string of the molecule is O=C(NCCc1c[nH]c2ccccc12)NCC(c1ccco1)N1CCCCC1. The highest BCUT2D eigenvalue weighted by Crippen LogP contribution is 2.24. The fourth-order valence-corrected chi connectivity index (χ4v) is 4.02. The number of benzene rings is 1. The molecule has 1 aromatic carbocycles. The highest BCUT2D eigenvalue weighted by atomic mass is 16.3. The Hall–Kier alpha value is -2.73. The molecule has 6 heteroatoms. The molecule has 2 aromatic heterocycles. The first-order valence-electron chi connectivity index (χ1n) is 10.2. The lowest BCUT2D eigenvalue weighted by Gasteiger charge is -2.33. The summed E-state index contributed by atoms with van der Waals surface area (Å²) in [5.74, 6) is 0.918. The molecular weight excluding hydrogens is 352 g/mol. The van der Waals surface area contributed by atoms with Gasteiger partial charge in [0.15, 0.2) is 0 Å². The van der Waals surface area contributed by atoms with Gasteiger partial charge in [-0.1, -0.05) is 24.6 Å². The smallest absolute Gasteiger partial charge is 0.314 e. The summed E-state index contributed by atoms with van der Waals surface area (Å²) in [5, 5.41) is 7.22. The van der Waals surface area contributed by atoms with Gasteiger partial charge in [-0.3, -0.25) is 4.90 Å². The third-order valence-corrected chi connectivity index (χ3v) is 5.51. The van der Waals surface area contributed by atoms with E-state index < -0.39 is 0 Å². The van der Waals surface area contributed by atoms with Gasteiger partial charge >= 0.3 is 6.03 Å². The van der Waals surface area contributed by atoms with Crippen molar-refractivity contribution in [1.82, 2.24) is 20.5 Å². The third kappa shape index (κ3) is 4.39. The number of rotatable bonds is 7. The molecule has 4 rings (SSSR count). The van der Waals surface area contributed by atoms with E-state index in [-0.39, 0.29) is 12.1 Å². The number of amides is 2. The Morgan fingerprint density at radius 2 is 1.96 bits per heavy atom. The van der Waals surface area contributed by atoms with Gasteiger partial charge in [0.05, 0.1) is 12.3 Å². The van der Waals surface area contributed by atoms with Crippen LogP contribution in [0.15, 0.2) is 53.3 Å². The summed E-state index contributed by atoms with van der Waals surface area (Å²) in [6, 6.07) is 12.1. The van der Waals surface area contributed by atoms with Crippen molar-refractivity contribution in [2.45, 2.75) is 31.7 Å². The molecule has 0 aliphatic carbocycles. The van der Waals surface area contributed by atoms with E-state index in [1.807, 2.05) is 30.5 Å². The van der Waals surface area contributed by atoms with Crippen molar-refractivity contribution in [3.05, 3.63) is 60.2 Å². The van der Waals surface area contributed by atoms with Gasteiger partial charge < -0.3 is 20.0 Å². The number of fused-ring (bicyclic) bond motifs is 1. The zero-order valence-electron chi connectivity index (χ0n) is 16.1. The molecular formula is C22H28N4O2. The number of piperidine rings is 1. The second kappa shape index (κ2) is 8.97. The van der Waals surface area contributed by atoms with E-state index in [2.05, 4.69) is 32.7 Å². The number of urea groups is 1. The minimum absolute atomic E-state index is 0.0923. The van der Waals surface area contributed by atoms with E-state index in [0.29, 0.717) is 13.1 Å². The van der Waals surface area contributed by atoms with Crippen LogP contribution in [0.25, 0.3) is 10.9 Å². The van der Waals surface area contributed by atoms with Crippen LogP contribution in [0, 0.1) is 0 Å². The predicted molar refractivity (Wildman–Crippen MR) is 110 cm³/mol. The average molecular weight is 380 g/mol.